The summed E-state index contributed by atoms with van der Waals surface area (Å²) in [7, 11) is -3.67. The predicted molar refractivity (Wildman–Crippen MR) is 141 cm³/mol. The third kappa shape index (κ3) is 3.60. The number of carbonyl (C=O) groups excluding carboxylic acids is 1. The molecule has 5 atom stereocenters. The minimum Gasteiger partial charge on any atom is -0.504 e. The van der Waals surface area contributed by atoms with Crippen LogP contribution in [0, 0.1) is 0 Å². The van der Waals surface area contributed by atoms with E-state index in [9.17, 15) is 23.4 Å². The van der Waals surface area contributed by atoms with E-state index in [0.717, 1.165) is 69.2 Å². The van der Waals surface area contributed by atoms with Gasteiger partial charge in [0.05, 0.1) is 23.3 Å². The largest absolute Gasteiger partial charge is 0.504 e. The summed E-state index contributed by atoms with van der Waals surface area (Å²) in [6.07, 6.45) is 9.33. The summed E-state index contributed by atoms with van der Waals surface area (Å²) in [5.74, 6) is 0.871. The normalized spacial score (nSPS) is 35.2. The zero-order chi connectivity index (χ0) is 27.0. The molecule has 7 rings (SSSR count). The van der Waals surface area contributed by atoms with Crippen molar-refractivity contribution in [2.45, 2.75) is 80.6 Å². The highest BCUT2D eigenvalue weighted by Gasteiger charge is 2.73. The fraction of sp³-hybridized carbons (Fsp3) is 0.607. The molecule has 3 heterocycles. The first kappa shape index (κ1) is 25.9. The van der Waals surface area contributed by atoms with Gasteiger partial charge in [0.15, 0.2) is 11.5 Å². The van der Waals surface area contributed by atoms with Gasteiger partial charge in [0, 0.05) is 30.3 Å². The number of rotatable bonds is 3. The summed E-state index contributed by atoms with van der Waals surface area (Å²) in [5.41, 5.74) is 2.98. The van der Waals surface area contributed by atoms with E-state index in [0.29, 0.717) is 25.0 Å². The van der Waals surface area contributed by atoms with E-state index in [1.54, 1.807) is 6.07 Å². The maximum absolute atomic E-state index is 13.5. The van der Waals surface area contributed by atoms with Gasteiger partial charge in [-0.1, -0.05) is 12.1 Å². The van der Waals surface area contributed by atoms with E-state index in [2.05, 4.69) is 16.4 Å². The Morgan fingerprint density at radius 3 is 2.68 bits per heavy atom. The summed E-state index contributed by atoms with van der Waals surface area (Å²) < 4.78 is 32.5. The van der Waals surface area contributed by atoms with E-state index in [4.69, 9.17) is 9.29 Å². The molecule has 10 heteroatoms. The average molecular weight is 545 g/mol. The quantitative estimate of drug-likeness (QED) is 0.391. The van der Waals surface area contributed by atoms with Gasteiger partial charge in [-0.05, 0) is 75.1 Å². The molecule has 1 saturated heterocycles. The van der Waals surface area contributed by atoms with Crippen molar-refractivity contribution in [3.63, 3.8) is 0 Å². The number of likely N-dealkylation sites (tertiary alicyclic amines) is 1. The van der Waals surface area contributed by atoms with Crippen LogP contribution in [0.2, 0.25) is 0 Å². The standard InChI is InChI=1S/C27H32N2O4.CH4O3S/c1-2-12-28-13-11-26-22-16-7-8-20(30)23(22)33-24(26)19(9-10-27(26,32)21(28)14-16)29-15-17-5-3-4-6-18(17)25(29)31;1-5(2,3)4/h2,7-8,19,21,24,30,32H,1,3-6,9-15H2;1H3,(H,2,3,4)/t19?,21-,24+,26+,27-;/m1./s1. The molecule has 2 fully saturated rings. The van der Waals surface area contributed by atoms with Crippen LogP contribution in [0.25, 0.3) is 0 Å². The lowest BCUT2D eigenvalue weighted by Gasteiger charge is -2.64. The summed E-state index contributed by atoms with van der Waals surface area (Å²) in [5, 5.41) is 23.3. The van der Waals surface area contributed by atoms with Gasteiger partial charge in [0.1, 0.15) is 6.10 Å². The highest BCUT2D eigenvalue weighted by atomic mass is 32.2. The molecule has 0 radical (unpaired) electrons. The molecule has 2 bridgehead atoms. The Labute approximate surface area is 223 Å². The molecule has 1 saturated carbocycles. The number of ether oxygens (including phenoxy) is 1. The van der Waals surface area contributed by atoms with Crippen molar-refractivity contribution in [1.82, 2.24) is 9.80 Å². The van der Waals surface area contributed by atoms with Crippen molar-refractivity contribution < 1.29 is 32.7 Å². The molecule has 1 amide bonds. The van der Waals surface area contributed by atoms with E-state index >= 15 is 0 Å². The summed E-state index contributed by atoms with van der Waals surface area (Å²) in [4.78, 5) is 17.9. The Kier molecular flexibility index (Phi) is 5.99. The molecule has 1 aromatic rings. The molecule has 206 valence electrons. The van der Waals surface area contributed by atoms with Crippen molar-refractivity contribution >= 4 is 16.0 Å². The second kappa shape index (κ2) is 8.81. The Hall–Kier alpha value is -2.40. The Bertz CT molecular complexity index is 1330. The topological polar surface area (TPSA) is 128 Å². The number of aliphatic hydroxyl groups is 1. The Morgan fingerprint density at radius 2 is 1.97 bits per heavy atom. The van der Waals surface area contributed by atoms with Crippen LogP contribution in [0.4, 0.5) is 0 Å². The monoisotopic (exact) mass is 544 g/mol. The number of carbonyl (C=O) groups is 1. The Morgan fingerprint density at radius 1 is 1.24 bits per heavy atom. The summed E-state index contributed by atoms with van der Waals surface area (Å²) in [6.45, 7) is 6.25. The number of phenolic OH excluding ortho intramolecular Hbond substituents is 1. The predicted octanol–water partition coefficient (Wildman–Crippen LogP) is 2.32. The van der Waals surface area contributed by atoms with Crippen molar-refractivity contribution in [3.05, 3.63) is 47.1 Å². The third-order valence-corrected chi connectivity index (χ3v) is 9.77. The highest BCUT2D eigenvalue weighted by Crippen LogP contribution is 2.66. The van der Waals surface area contributed by atoms with Crippen LogP contribution in [0.3, 0.4) is 0 Å². The summed E-state index contributed by atoms with van der Waals surface area (Å²) in [6, 6.07) is 3.64. The molecule has 3 N–H and O–H groups in total. The molecule has 3 aliphatic carbocycles. The molecule has 3 aliphatic heterocycles. The smallest absolute Gasteiger partial charge is 0.261 e. The van der Waals surface area contributed by atoms with Crippen LogP contribution in [-0.2, 0) is 26.7 Å². The molecule has 6 aliphatic rings. The molecular weight excluding hydrogens is 508 g/mol. The van der Waals surface area contributed by atoms with Crippen LogP contribution in [0.5, 0.6) is 11.5 Å². The zero-order valence-electron chi connectivity index (χ0n) is 21.7. The number of hydrogen-bond donors (Lipinski definition) is 3. The van der Waals surface area contributed by atoms with Gasteiger partial charge >= 0.3 is 0 Å². The molecule has 1 aromatic carbocycles. The molecule has 1 unspecified atom stereocenters. The van der Waals surface area contributed by atoms with Gasteiger partial charge in [-0.2, -0.15) is 8.42 Å². The number of benzene rings is 1. The number of hydrogen-bond acceptors (Lipinski definition) is 7. The molecule has 9 nitrogen and oxygen atoms in total. The van der Waals surface area contributed by atoms with Crippen LogP contribution in [0.1, 0.15) is 56.1 Å². The van der Waals surface area contributed by atoms with Gasteiger partial charge in [-0.3, -0.25) is 14.2 Å². The van der Waals surface area contributed by atoms with E-state index in [-0.39, 0.29) is 29.8 Å². The van der Waals surface area contributed by atoms with E-state index in [1.165, 1.54) is 11.1 Å². The van der Waals surface area contributed by atoms with Crippen molar-refractivity contribution in [2.75, 3.05) is 25.9 Å². The lowest BCUT2D eigenvalue weighted by Crippen LogP contribution is -2.78. The van der Waals surface area contributed by atoms with Crippen molar-refractivity contribution in [1.29, 1.82) is 0 Å². The van der Waals surface area contributed by atoms with E-state index < -0.39 is 21.1 Å². The molecular formula is C28H36N2O7S. The second-order valence-corrected chi connectivity index (χ2v) is 13.2. The SMILES string of the molecule is C=CCN1CC[C@]23c4c5ccc(O)c4O[C@H]2C(N2CC4=C(CCCC4)C2=O)CC[C@@]3(O)[C@H]1C5.CS(=O)(=O)O. The number of aromatic hydroxyl groups is 1. The lowest BCUT2D eigenvalue weighted by atomic mass is 9.48. The van der Waals surface area contributed by atoms with Gasteiger partial charge in [0.2, 0.25) is 5.91 Å². The second-order valence-electron chi connectivity index (χ2n) is 11.7. The van der Waals surface area contributed by atoms with Crippen LogP contribution >= 0.6 is 0 Å². The average Bonchev–Trinajstić information content (AvgIpc) is 3.37. The lowest BCUT2D eigenvalue weighted by molar-refractivity contribution is -0.198. The first-order valence-corrected chi connectivity index (χ1v) is 15.4. The molecule has 1 spiro atoms. The molecule has 0 aromatic heterocycles. The fourth-order valence-electron chi connectivity index (χ4n) is 8.43. The Balaban J connectivity index is 0.000000487. The number of piperidine rings is 1. The van der Waals surface area contributed by atoms with Crippen LogP contribution in [-0.4, -0.2) is 88.6 Å². The minimum absolute atomic E-state index is 0.0140. The highest BCUT2D eigenvalue weighted by molar-refractivity contribution is 7.85. The van der Waals surface area contributed by atoms with Gasteiger partial charge < -0.3 is 19.8 Å². The van der Waals surface area contributed by atoms with Crippen LogP contribution < -0.4 is 4.74 Å². The number of nitrogens with zero attached hydrogens (tertiary/aromatic N) is 2. The fourth-order valence-corrected chi connectivity index (χ4v) is 8.43. The van der Waals surface area contributed by atoms with Crippen molar-refractivity contribution in [3.8, 4) is 11.5 Å². The minimum atomic E-state index is -3.67. The first-order chi connectivity index (χ1) is 18.0. The molecule has 38 heavy (non-hydrogen) atoms. The maximum Gasteiger partial charge on any atom is 0.261 e. The maximum atomic E-state index is 13.5. The van der Waals surface area contributed by atoms with Gasteiger partial charge in [-0.25, -0.2) is 0 Å². The first-order valence-electron chi connectivity index (χ1n) is 13.5. The van der Waals surface area contributed by atoms with Crippen molar-refractivity contribution in [2.24, 2.45) is 0 Å². The zero-order valence-corrected chi connectivity index (χ0v) is 22.5. The third-order valence-electron chi connectivity index (χ3n) is 9.77. The van der Waals surface area contributed by atoms with E-state index in [1.807, 2.05) is 12.1 Å². The van der Waals surface area contributed by atoms with Gasteiger partial charge in [0.25, 0.3) is 10.1 Å². The summed E-state index contributed by atoms with van der Waals surface area (Å²) >= 11 is 0. The number of amides is 1. The number of phenols is 1. The van der Waals surface area contributed by atoms with Crippen LogP contribution in [0.15, 0.2) is 35.9 Å². The van der Waals surface area contributed by atoms with Gasteiger partial charge in [-0.15, -0.1) is 6.58 Å².